The Kier molecular flexibility index (Phi) is 75.4. The summed E-state index contributed by atoms with van der Waals surface area (Å²) >= 11 is 0. The minimum absolute atomic E-state index is 0.0857. The van der Waals surface area contributed by atoms with E-state index in [1.165, 1.54) is 244 Å². The van der Waals surface area contributed by atoms with E-state index in [0.717, 1.165) is 109 Å². The van der Waals surface area contributed by atoms with Crippen molar-refractivity contribution in [2.24, 2.45) is 5.92 Å². The van der Waals surface area contributed by atoms with Gasteiger partial charge in [-0.05, 0) is 57.3 Å². The van der Waals surface area contributed by atoms with Gasteiger partial charge in [-0.15, -0.1) is 0 Å². The van der Waals surface area contributed by atoms with E-state index >= 15 is 0 Å². The van der Waals surface area contributed by atoms with Gasteiger partial charge in [0, 0.05) is 25.7 Å². The number of hydrogen-bond acceptors (Lipinski definition) is 15. The van der Waals surface area contributed by atoms with Gasteiger partial charge in [0.15, 0.2) is 12.2 Å². The van der Waals surface area contributed by atoms with Crippen LogP contribution in [0.5, 0.6) is 0 Å². The summed E-state index contributed by atoms with van der Waals surface area (Å²) in [5.74, 6) is -1.33. The molecular weight excluding hydrogens is 1350 g/mol. The van der Waals surface area contributed by atoms with Crippen LogP contribution in [0.3, 0.4) is 0 Å². The van der Waals surface area contributed by atoms with E-state index in [0.29, 0.717) is 25.7 Å². The highest BCUT2D eigenvalue weighted by Crippen LogP contribution is 2.45. The second kappa shape index (κ2) is 77.3. The second-order valence-corrected chi connectivity index (χ2v) is 33.3. The number of phosphoric ester groups is 2. The van der Waals surface area contributed by atoms with Crippen LogP contribution in [0.15, 0.2) is 24.3 Å². The first-order chi connectivity index (χ1) is 50.5. The highest BCUT2D eigenvalue weighted by Gasteiger charge is 2.30. The highest BCUT2D eigenvalue weighted by atomic mass is 31.2. The lowest BCUT2D eigenvalue weighted by Crippen LogP contribution is -2.30. The Morgan fingerprint density at radius 3 is 0.788 bits per heavy atom. The molecule has 0 aliphatic carbocycles. The first-order valence-corrected chi connectivity index (χ1v) is 46.4. The van der Waals surface area contributed by atoms with Crippen LogP contribution in [0.2, 0.25) is 0 Å². The van der Waals surface area contributed by atoms with Crippen LogP contribution in [-0.4, -0.2) is 96.7 Å². The molecule has 0 amide bonds. The molecule has 0 radical (unpaired) electrons. The molecule has 0 spiro atoms. The van der Waals surface area contributed by atoms with E-state index in [9.17, 15) is 43.2 Å². The van der Waals surface area contributed by atoms with Crippen molar-refractivity contribution in [3.63, 3.8) is 0 Å². The van der Waals surface area contributed by atoms with Crippen molar-refractivity contribution in [3.05, 3.63) is 24.3 Å². The average Bonchev–Trinajstić information content (AvgIpc) is 0.903. The zero-order valence-electron chi connectivity index (χ0n) is 67.7. The highest BCUT2D eigenvalue weighted by molar-refractivity contribution is 7.47. The Labute approximate surface area is 637 Å². The molecule has 0 heterocycles. The molecule has 0 bridgehead atoms. The fourth-order valence-electron chi connectivity index (χ4n) is 12.8. The zero-order valence-corrected chi connectivity index (χ0v) is 69.4. The molecule has 104 heavy (non-hydrogen) atoms. The number of ether oxygens (including phenoxy) is 4. The molecule has 0 fully saturated rings. The lowest BCUT2D eigenvalue weighted by Gasteiger charge is -2.21. The molecule has 0 saturated carbocycles. The first-order valence-electron chi connectivity index (χ1n) is 43.5. The number of rotatable bonds is 83. The van der Waals surface area contributed by atoms with Gasteiger partial charge in [-0.3, -0.25) is 37.3 Å². The number of aliphatic hydroxyl groups excluding tert-OH is 1. The van der Waals surface area contributed by atoms with Gasteiger partial charge in [-0.25, -0.2) is 9.13 Å². The topological polar surface area (TPSA) is 237 Å². The normalized spacial score (nSPS) is 13.9. The third-order valence-corrected chi connectivity index (χ3v) is 21.3. The second-order valence-electron chi connectivity index (χ2n) is 30.4. The standard InChI is InChI=1S/C85H162O17P2/c1-6-9-12-15-18-21-24-26-28-29-30-31-32-36-41-46-51-56-61-66-71-85(90)102-81(75-96-83(88)69-64-59-54-49-44-39-37-33-35-38-43-47-52-57-62-67-78(4)5)77-100-104(93,94)98-73-79(86)72-97-103(91,92)99-76-80(74-95-82(87)68-63-58-53-48-42-23-20-17-14-11-8-3)101-84(89)70-65-60-55-50-45-40-34-27-25-22-19-16-13-10-7-2/h22,25,27,34,78-81,86H,6-21,23-24,26,28-33,35-77H2,1-5H3,(H,91,92)(H,93,94)/b25-22-,34-27-/t79-,80+,81+/m0/s1. The number of allylic oxidation sites excluding steroid dienone is 4. The van der Waals surface area contributed by atoms with Crippen LogP contribution in [0.25, 0.3) is 0 Å². The maximum absolute atomic E-state index is 13.1. The third-order valence-electron chi connectivity index (χ3n) is 19.4. The molecule has 0 aromatic rings. The van der Waals surface area contributed by atoms with Crippen molar-refractivity contribution in [3.8, 4) is 0 Å². The number of unbranched alkanes of at least 4 members (excludes halogenated alkanes) is 52. The molecule has 2 unspecified atom stereocenters. The van der Waals surface area contributed by atoms with Gasteiger partial charge >= 0.3 is 39.5 Å². The molecule has 0 rings (SSSR count). The monoisotopic (exact) mass is 1520 g/mol. The molecule has 614 valence electrons. The predicted molar refractivity (Wildman–Crippen MR) is 428 cm³/mol. The van der Waals surface area contributed by atoms with Crippen molar-refractivity contribution >= 4 is 39.5 Å². The Bertz CT molecular complexity index is 2070. The minimum atomic E-state index is -4.97. The fraction of sp³-hybridized carbons (Fsp3) is 0.906. The summed E-state index contributed by atoms with van der Waals surface area (Å²) < 4.78 is 68.8. The van der Waals surface area contributed by atoms with Gasteiger partial charge in [0.05, 0.1) is 26.4 Å². The molecule has 0 aliphatic heterocycles. The molecule has 0 aromatic carbocycles. The van der Waals surface area contributed by atoms with Gasteiger partial charge in [-0.1, -0.05) is 380 Å². The predicted octanol–water partition coefficient (Wildman–Crippen LogP) is 25.5. The summed E-state index contributed by atoms with van der Waals surface area (Å²) in [6, 6.07) is 0. The number of carbonyl (C=O) groups excluding carboxylic acids is 4. The molecule has 0 saturated heterocycles. The van der Waals surface area contributed by atoms with Crippen LogP contribution in [-0.2, 0) is 65.4 Å². The van der Waals surface area contributed by atoms with Crippen molar-refractivity contribution in [2.75, 3.05) is 39.6 Å². The van der Waals surface area contributed by atoms with Gasteiger partial charge in [0.1, 0.15) is 19.3 Å². The van der Waals surface area contributed by atoms with E-state index in [-0.39, 0.29) is 25.7 Å². The van der Waals surface area contributed by atoms with Crippen molar-refractivity contribution < 1.29 is 80.2 Å². The lowest BCUT2D eigenvalue weighted by molar-refractivity contribution is -0.161. The van der Waals surface area contributed by atoms with Crippen LogP contribution >= 0.6 is 15.6 Å². The van der Waals surface area contributed by atoms with Crippen LogP contribution < -0.4 is 0 Å². The smallest absolute Gasteiger partial charge is 0.462 e. The maximum Gasteiger partial charge on any atom is 0.472 e. The largest absolute Gasteiger partial charge is 0.472 e. The average molecular weight is 1520 g/mol. The fourth-order valence-corrected chi connectivity index (χ4v) is 14.3. The van der Waals surface area contributed by atoms with E-state index in [1.54, 1.807) is 0 Å². The van der Waals surface area contributed by atoms with E-state index in [1.807, 2.05) is 0 Å². The molecule has 17 nitrogen and oxygen atoms in total. The van der Waals surface area contributed by atoms with Gasteiger partial charge < -0.3 is 33.8 Å². The molecule has 3 N–H and O–H groups in total. The van der Waals surface area contributed by atoms with Gasteiger partial charge in [0.25, 0.3) is 0 Å². The summed E-state index contributed by atoms with van der Waals surface area (Å²) in [7, 11) is -9.94. The number of esters is 4. The van der Waals surface area contributed by atoms with E-state index in [4.69, 9.17) is 37.0 Å². The Morgan fingerprint density at radius 2 is 0.519 bits per heavy atom. The van der Waals surface area contributed by atoms with Crippen LogP contribution in [0.4, 0.5) is 0 Å². The van der Waals surface area contributed by atoms with Crippen molar-refractivity contribution in [1.82, 2.24) is 0 Å². The Balaban J connectivity index is 5.27. The summed E-state index contributed by atoms with van der Waals surface area (Å²) in [5, 5.41) is 10.7. The molecule has 0 aliphatic rings. The van der Waals surface area contributed by atoms with Crippen LogP contribution in [0, 0.1) is 5.92 Å². The molecule has 19 heteroatoms. The van der Waals surface area contributed by atoms with Crippen LogP contribution in [0.1, 0.15) is 433 Å². The van der Waals surface area contributed by atoms with Gasteiger partial charge in [0.2, 0.25) is 0 Å². The molecular formula is C85H162O17P2. The summed E-state index contributed by atoms with van der Waals surface area (Å²) in [5.41, 5.74) is 0. The summed E-state index contributed by atoms with van der Waals surface area (Å²) in [6.45, 7) is 7.31. The zero-order chi connectivity index (χ0) is 76.2. The molecule has 5 atom stereocenters. The molecule has 0 aromatic heterocycles. The van der Waals surface area contributed by atoms with Crippen molar-refractivity contribution in [1.29, 1.82) is 0 Å². The third kappa shape index (κ3) is 77.7. The maximum atomic E-state index is 13.1. The SMILES string of the molecule is CCCCCC/C=C\C=C/CCCCCCCC(=O)O[C@H](COC(=O)CCCCCCCCCCCCC)COP(=O)(O)OC[C@H](O)COP(=O)(O)OC[C@@H](COC(=O)CCCCCCCCCCCCCCCCCC(C)C)OC(=O)CCCCCCCCCCCCCCCCCCCCCC. The lowest BCUT2D eigenvalue weighted by atomic mass is 10.0. The minimum Gasteiger partial charge on any atom is -0.462 e. The number of hydrogen-bond donors (Lipinski definition) is 3. The number of carbonyl (C=O) groups is 4. The Hall–Kier alpha value is -2.46. The number of phosphoric acid groups is 2. The summed E-state index contributed by atoms with van der Waals surface area (Å²) in [4.78, 5) is 73.1. The summed E-state index contributed by atoms with van der Waals surface area (Å²) in [6.07, 6.45) is 72.9. The first kappa shape index (κ1) is 102. The quantitative estimate of drug-likeness (QED) is 0.0169. The Morgan fingerprint density at radius 1 is 0.298 bits per heavy atom. The van der Waals surface area contributed by atoms with E-state index in [2.05, 4.69) is 58.9 Å². The van der Waals surface area contributed by atoms with Crippen molar-refractivity contribution in [2.45, 2.75) is 451 Å². The number of aliphatic hydroxyl groups is 1. The van der Waals surface area contributed by atoms with E-state index < -0.39 is 97.5 Å². The van der Waals surface area contributed by atoms with Gasteiger partial charge in [-0.2, -0.15) is 0 Å².